The Morgan fingerprint density at radius 1 is 1.32 bits per heavy atom. The minimum absolute atomic E-state index is 0.180. The Bertz CT molecular complexity index is 1190. The average molecular weight is 423 g/mol. The van der Waals surface area contributed by atoms with E-state index in [4.69, 9.17) is 15.6 Å². The van der Waals surface area contributed by atoms with Crippen LogP contribution in [0.4, 0.5) is 4.39 Å². The number of aliphatic imine (C=N–C) groups is 1. The Morgan fingerprint density at radius 3 is 2.90 bits per heavy atom. The molecule has 1 aliphatic heterocycles. The number of rotatable bonds is 5. The predicted octanol–water partition coefficient (Wildman–Crippen LogP) is 4.15. The van der Waals surface area contributed by atoms with Crippen LogP contribution in [0.2, 0.25) is 0 Å². The number of hydrazone groups is 1. The van der Waals surface area contributed by atoms with E-state index in [1.54, 1.807) is 24.5 Å². The van der Waals surface area contributed by atoms with E-state index in [-0.39, 0.29) is 17.5 Å². The van der Waals surface area contributed by atoms with E-state index in [1.165, 1.54) is 6.07 Å². The molecule has 1 atom stereocenters. The molecule has 3 aromatic rings. The van der Waals surface area contributed by atoms with Gasteiger partial charge in [0.05, 0.1) is 35.1 Å². The van der Waals surface area contributed by atoms with E-state index in [9.17, 15) is 4.39 Å². The van der Waals surface area contributed by atoms with E-state index in [1.807, 2.05) is 0 Å². The molecular formula is C23H27FN6O. The third-order valence-corrected chi connectivity index (χ3v) is 6.19. The number of benzene rings is 1. The quantitative estimate of drug-likeness (QED) is 0.380. The van der Waals surface area contributed by atoms with Gasteiger partial charge in [0, 0.05) is 30.2 Å². The molecule has 0 radical (unpaired) electrons. The standard InChI is InChI=1S/C23H27FN6O/c1-23(2)10-16(7-8-31-23)30-21(13-26-11-19(29-25)14-3-4-14)28-20-12-27-18-6-5-15(24)9-17(18)22(20)30/h5-6,9,11-12,14,16H,3-4,7-8,10,13,25H2,1-2H3. The van der Waals surface area contributed by atoms with E-state index >= 15 is 0 Å². The second-order valence-electron chi connectivity index (χ2n) is 9.10. The molecule has 8 heteroatoms. The fraction of sp³-hybridized carbons (Fsp3) is 0.478. The maximum absolute atomic E-state index is 14.2. The monoisotopic (exact) mass is 422 g/mol. The van der Waals surface area contributed by atoms with Crippen LogP contribution in [0.15, 0.2) is 34.5 Å². The van der Waals surface area contributed by atoms with Crippen LogP contribution in [-0.4, -0.2) is 38.7 Å². The highest BCUT2D eigenvalue weighted by Gasteiger charge is 2.32. The summed E-state index contributed by atoms with van der Waals surface area (Å²) in [7, 11) is 0. The van der Waals surface area contributed by atoms with Gasteiger partial charge in [-0.25, -0.2) is 9.37 Å². The minimum Gasteiger partial charge on any atom is -0.375 e. The van der Waals surface area contributed by atoms with E-state index < -0.39 is 0 Å². The third kappa shape index (κ3) is 3.92. The molecule has 1 unspecified atom stereocenters. The lowest BCUT2D eigenvalue weighted by molar-refractivity contribution is -0.0688. The highest BCUT2D eigenvalue weighted by atomic mass is 19.1. The number of hydrogen-bond donors (Lipinski definition) is 1. The molecule has 1 saturated carbocycles. The average Bonchev–Trinajstić information content (AvgIpc) is 3.50. The number of fused-ring (bicyclic) bond motifs is 3. The second kappa shape index (κ2) is 7.67. The Balaban J connectivity index is 1.62. The summed E-state index contributed by atoms with van der Waals surface area (Å²) in [4.78, 5) is 14.0. The van der Waals surface area contributed by atoms with Crippen LogP contribution in [0.5, 0.6) is 0 Å². The van der Waals surface area contributed by atoms with Crippen molar-refractivity contribution in [2.45, 2.75) is 57.7 Å². The largest absolute Gasteiger partial charge is 0.375 e. The normalized spacial score (nSPS) is 22.0. The summed E-state index contributed by atoms with van der Waals surface area (Å²) < 4.78 is 22.3. The number of aromatic nitrogens is 3. The predicted molar refractivity (Wildman–Crippen MR) is 120 cm³/mol. The lowest BCUT2D eigenvalue weighted by Crippen LogP contribution is -2.35. The van der Waals surface area contributed by atoms with Crippen LogP contribution < -0.4 is 5.84 Å². The number of imidazole rings is 1. The summed E-state index contributed by atoms with van der Waals surface area (Å²) in [5.41, 5.74) is 3.01. The number of nitrogens with zero attached hydrogens (tertiary/aromatic N) is 5. The van der Waals surface area contributed by atoms with Crippen molar-refractivity contribution in [3.8, 4) is 0 Å². The number of halogens is 1. The molecule has 0 spiro atoms. The molecular weight excluding hydrogens is 395 g/mol. The second-order valence-corrected chi connectivity index (χ2v) is 9.10. The van der Waals surface area contributed by atoms with Crippen molar-refractivity contribution in [3.05, 3.63) is 36.0 Å². The zero-order valence-electron chi connectivity index (χ0n) is 17.9. The molecule has 5 rings (SSSR count). The van der Waals surface area contributed by atoms with Crippen molar-refractivity contribution >= 4 is 33.9 Å². The molecule has 7 nitrogen and oxygen atoms in total. The summed E-state index contributed by atoms with van der Waals surface area (Å²) in [6.07, 6.45) is 7.46. The number of hydrogen-bond acceptors (Lipinski definition) is 6. The van der Waals surface area contributed by atoms with Crippen LogP contribution in [-0.2, 0) is 11.3 Å². The Kier molecular flexibility index (Phi) is 4.97. The van der Waals surface area contributed by atoms with Crippen LogP contribution >= 0.6 is 0 Å². The van der Waals surface area contributed by atoms with Gasteiger partial charge >= 0.3 is 0 Å². The Morgan fingerprint density at radius 2 is 2.16 bits per heavy atom. The van der Waals surface area contributed by atoms with Gasteiger partial charge in [-0.2, -0.15) is 5.10 Å². The smallest absolute Gasteiger partial charge is 0.131 e. The van der Waals surface area contributed by atoms with Gasteiger partial charge < -0.3 is 15.1 Å². The zero-order valence-corrected chi connectivity index (χ0v) is 17.9. The summed E-state index contributed by atoms with van der Waals surface area (Å²) in [5.74, 6) is 6.51. The van der Waals surface area contributed by atoms with Gasteiger partial charge in [-0.1, -0.05) is 0 Å². The van der Waals surface area contributed by atoms with Crippen LogP contribution in [0.1, 0.15) is 51.4 Å². The van der Waals surface area contributed by atoms with E-state index in [0.29, 0.717) is 19.1 Å². The van der Waals surface area contributed by atoms with Crippen LogP contribution in [0.25, 0.3) is 21.9 Å². The van der Waals surface area contributed by atoms with Crippen molar-refractivity contribution in [1.29, 1.82) is 0 Å². The first-order valence-electron chi connectivity index (χ1n) is 10.8. The van der Waals surface area contributed by atoms with E-state index in [2.05, 4.69) is 33.5 Å². The maximum atomic E-state index is 14.2. The van der Waals surface area contributed by atoms with Gasteiger partial charge in [-0.05, 0) is 57.7 Å². The summed E-state index contributed by atoms with van der Waals surface area (Å²) in [5, 5.41) is 4.65. The highest BCUT2D eigenvalue weighted by Crippen LogP contribution is 2.37. The Labute approximate surface area is 180 Å². The molecule has 0 bridgehead atoms. The molecule has 1 aliphatic carbocycles. The number of ether oxygens (including phenoxy) is 1. The SMILES string of the molecule is CC1(C)CC(n2c(CN=CC(=NN)C3CC3)nc3cnc4ccc(F)cc4c32)CCO1. The molecule has 3 heterocycles. The molecule has 31 heavy (non-hydrogen) atoms. The molecule has 2 fully saturated rings. The first-order valence-corrected chi connectivity index (χ1v) is 10.8. The van der Waals surface area contributed by atoms with Gasteiger partial charge in [0.25, 0.3) is 0 Å². The van der Waals surface area contributed by atoms with Gasteiger partial charge in [0.1, 0.15) is 17.2 Å². The van der Waals surface area contributed by atoms with Gasteiger partial charge in [0.2, 0.25) is 0 Å². The van der Waals surface area contributed by atoms with E-state index in [0.717, 1.165) is 59.2 Å². The van der Waals surface area contributed by atoms with Gasteiger partial charge in [-0.3, -0.25) is 9.98 Å². The van der Waals surface area contributed by atoms with Crippen LogP contribution in [0.3, 0.4) is 0 Å². The molecule has 2 aliphatic rings. The fourth-order valence-corrected chi connectivity index (χ4v) is 4.57. The van der Waals surface area contributed by atoms with Crippen LogP contribution in [0, 0.1) is 11.7 Å². The Hall–Kier alpha value is -2.87. The highest BCUT2D eigenvalue weighted by molar-refractivity contribution is 6.32. The third-order valence-electron chi connectivity index (χ3n) is 6.19. The fourth-order valence-electron chi connectivity index (χ4n) is 4.57. The van der Waals surface area contributed by atoms with Crippen molar-refractivity contribution < 1.29 is 9.13 Å². The topological polar surface area (TPSA) is 90.7 Å². The zero-order chi connectivity index (χ0) is 21.6. The lowest BCUT2D eigenvalue weighted by Gasteiger charge is -2.37. The van der Waals surface area contributed by atoms with Gasteiger partial charge in [-0.15, -0.1) is 0 Å². The molecule has 2 aromatic heterocycles. The molecule has 1 aromatic carbocycles. The van der Waals surface area contributed by atoms with Crippen molar-refractivity contribution in [3.63, 3.8) is 0 Å². The summed E-state index contributed by atoms with van der Waals surface area (Å²) in [6, 6.07) is 4.88. The molecule has 1 saturated heterocycles. The summed E-state index contributed by atoms with van der Waals surface area (Å²) >= 11 is 0. The van der Waals surface area contributed by atoms with Gasteiger partial charge in [0.15, 0.2) is 0 Å². The minimum atomic E-state index is -0.283. The molecule has 2 N–H and O–H groups in total. The first kappa shape index (κ1) is 20.1. The first-order chi connectivity index (χ1) is 14.9. The van der Waals surface area contributed by atoms with Crippen molar-refractivity contribution in [2.24, 2.45) is 21.9 Å². The number of pyridine rings is 1. The molecule has 162 valence electrons. The maximum Gasteiger partial charge on any atom is 0.131 e. The van der Waals surface area contributed by atoms with Crippen molar-refractivity contribution in [1.82, 2.24) is 14.5 Å². The number of nitrogens with two attached hydrogens (primary N) is 1. The summed E-state index contributed by atoms with van der Waals surface area (Å²) in [6.45, 7) is 5.28. The van der Waals surface area contributed by atoms with Crippen molar-refractivity contribution in [2.75, 3.05) is 6.61 Å². The lowest BCUT2D eigenvalue weighted by atomic mass is 9.93. The molecule has 0 amide bonds.